The fraction of sp³-hybridized carbons (Fsp3) is 0.273. The number of benzene rings is 1. The van der Waals surface area contributed by atoms with Gasteiger partial charge in [-0.05, 0) is 12.0 Å². The largest absolute Gasteiger partial charge is 0.480 e. The van der Waals surface area contributed by atoms with Crippen molar-refractivity contribution in [1.82, 2.24) is 6.15 Å². The van der Waals surface area contributed by atoms with Crippen molar-refractivity contribution >= 4 is 5.97 Å². The van der Waals surface area contributed by atoms with Crippen LogP contribution in [0.4, 0.5) is 0 Å². The fourth-order valence-corrected chi connectivity index (χ4v) is 1.39. The van der Waals surface area contributed by atoms with Crippen molar-refractivity contribution < 1.29 is 9.90 Å². The fourth-order valence-electron chi connectivity index (χ4n) is 1.39. The van der Waals surface area contributed by atoms with Crippen molar-refractivity contribution in [2.45, 2.75) is 18.8 Å². The molecular formula is C11H15N2O2+. The lowest BCUT2D eigenvalue weighted by molar-refractivity contribution is -0.141. The maximum atomic E-state index is 11.1. The van der Waals surface area contributed by atoms with E-state index < -0.39 is 11.4 Å². The Labute approximate surface area is 88.7 Å². The van der Waals surface area contributed by atoms with Crippen LogP contribution in [0.3, 0.4) is 0 Å². The van der Waals surface area contributed by atoms with E-state index in [0.717, 1.165) is 0 Å². The first-order valence-electron chi connectivity index (χ1n) is 4.37. The number of quaternary nitrogens is 1. The van der Waals surface area contributed by atoms with E-state index in [-0.39, 0.29) is 12.6 Å². The van der Waals surface area contributed by atoms with Crippen LogP contribution in [0, 0.1) is 11.3 Å². The van der Waals surface area contributed by atoms with Gasteiger partial charge in [0, 0.05) is 0 Å². The Balaban J connectivity index is 0.00000196. The Morgan fingerprint density at radius 2 is 2.00 bits per heavy atom. The monoisotopic (exact) mass is 207 g/mol. The summed E-state index contributed by atoms with van der Waals surface area (Å²) in [5.41, 5.74) is -0.862. The molecule has 0 heterocycles. The Bertz CT molecular complexity index is 370. The van der Waals surface area contributed by atoms with Crippen LogP contribution in [0.25, 0.3) is 0 Å². The molecule has 1 aromatic carbocycles. The molecule has 15 heavy (non-hydrogen) atoms. The number of hydrogen-bond acceptors (Lipinski definition) is 2. The summed E-state index contributed by atoms with van der Waals surface area (Å²) < 4.78 is 0. The molecule has 0 radical (unpaired) electrons. The predicted molar refractivity (Wildman–Crippen MR) is 57.6 cm³/mol. The van der Waals surface area contributed by atoms with Gasteiger partial charge in [0.15, 0.2) is 5.41 Å². The molecule has 0 saturated heterocycles. The minimum atomic E-state index is -1.40. The van der Waals surface area contributed by atoms with Crippen LogP contribution in [0.2, 0.25) is 0 Å². The van der Waals surface area contributed by atoms with Gasteiger partial charge in [-0.15, -0.1) is 0 Å². The number of hydrogen-bond donors (Lipinski definition) is 2. The van der Waals surface area contributed by atoms with E-state index in [2.05, 4.69) is 0 Å². The molecule has 0 aliphatic heterocycles. The van der Waals surface area contributed by atoms with Crippen LogP contribution in [-0.4, -0.2) is 11.1 Å². The number of carboxylic acid groups (broad SMARTS) is 1. The Hall–Kier alpha value is -1.86. The minimum absolute atomic E-state index is 0. The molecule has 1 aromatic rings. The summed E-state index contributed by atoms with van der Waals surface area (Å²) in [4.78, 5) is 11.1. The van der Waals surface area contributed by atoms with Gasteiger partial charge in [0.05, 0.1) is 6.07 Å². The van der Waals surface area contributed by atoms with Gasteiger partial charge in [-0.2, -0.15) is 5.26 Å². The molecule has 5 N–H and O–H groups in total. The summed E-state index contributed by atoms with van der Waals surface area (Å²) >= 11 is 0. The third kappa shape index (κ3) is 2.14. The molecule has 1 rings (SSSR count). The average Bonchev–Trinajstić information content (AvgIpc) is 2.22. The van der Waals surface area contributed by atoms with Crippen LogP contribution in [0.1, 0.15) is 18.9 Å². The maximum Gasteiger partial charge on any atom is 0.328 e. The van der Waals surface area contributed by atoms with E-state index in [1.807, 2.05) is 6.07 Å². The number of carboxylic acids is 1. The molecule has 0 aromatic heterocycles. The molecule has 0 bridgehead atoms. The molecule has 0 unspecified atom stereocenters. The Morgan fingerprint density at radius 3 is 2.33 bits per heavy atom. The van der Waals surface area contributed by atoms with E-state index in [0.29, 0.717) is 5.56 Å². The topological polar surface area (TPSA) is 97.6 Å². The first-order valence-corrected chi connectivity index (χ1v) is 4.37. The second-order valence-electron chi connectivity index (χ2n) is 3.04. The summed E-state index contributed by atoms with van der Waals surface area (Å²) in [6, 6.07) is 10.5. The van der Waals surface area contributed by atoms with Crippen LogP contribution < -0.4 is 6.15 Å². The zero-order chi connectivity index (χ0) is 10.6. The highest BCUT2D eigenvalue weighted by atomic mass is 16.4. The van der Waals surface area contributed by atoms with Gasteiger partial charge in [-0.3, -0.25) is 4.79 Å². The third-order valence-electron chi connectivity index (χ3n) is 2.35. The van der Waals surface area contributed by atoms with Crippen molar-refractivity contribution in [3.63, 3.8) is 0 Å². The van der Waals surface area contributed by atoms with Crippen molar-refractivity contribution in [3.05, 3.63) is 35.9 Å². The lowest BCUT2D eigenvalue weighted by Crippen LogP contribution is -2.33. The SMILES string of the molecule is CC[C@](C#N)(C(=O)O)c1ccccc1.[NH4+]. The zero-order valence-electron chi connectivity index (χ0n) is 8.90. The van der Waals surface area contributed by atoms with Gasteiger partial charge in [-0.25, -0.2) is 0 Å². The lowest BCUT2D eigenvalue weighted by atomic mass is 9.80. The highest BCUT2D eigenvalue weighted by molar-refractivity contribution is 5.85. The van der Waals surface area contributed by atoms with Crippen LogP contribution in [0.5, 0.6) is 0 Å². The number of rotatable bonds is 3. The lowest BCUT2D eigenvalue weighted by Gasteiger charge is -2.19. The summed E-state index contributed by atoms with van der Waals surface area (Å²) in [7, 11) is 0. The van der Waals surface area contributed by atoms with Gasteiger partial charge in [-0.1, -0.05) is 37.3 Å². The second kappa shape index (κ2) is 5.13. The average molecular weight is 207 g/mol. The van der Waals surface area contributed by atoms with Gasteiger partial charge < -0.3 is 11.3 Å². The molecule has 0 aliphatic rings. The first kappa shape index (κ1) is 13.1. The number of aliphatic carboxylic acids is 1. The van der Waals surface area contributed by atoms with E-state index in [4.69, 9.17) is 10.4 Å². The van der Waals surface area contributed by atoms with Gasteiger partial charge in [0.2, 0.25) is 0 Å². The van der Waals surface area contributed by atoms with Crippen molar-refractivity contribution in [2.24, 2.45) is 0 Å². The van der Waals surface area contributed by atoms with Crippen molar-refractivity contribution in [1.29, 1.82) is 5.26 Å². The highest BCUT2D eigenvalue weighted by Gasteiger charge is 2.38. The predicted octanol–water partition coefficient (Wildman–Crippen LogP) is 2.32. The van der Waals surface area contributed by atoms with Crippen molar-refractivity contribution in [2.75, 3.05) is 0 Å². The molecule has 1 atom stereocenters. The van der Waals surface area contributed by atoms with E-state index in [1.165, 1.54) is 0 Å². The molecule has 4 nitrogen and oxygen atoms in total. The van der Waals surface area contributed by atoms with Crippen LogP contribution in [-0.2, 0) is 10.2 Å². The molecule has 0 spiro atoms. The van der Waals surface area contributed by atoms with E-state index in [9.17, 15) is 4.79 Å². The minimum Gasteiger partial charge on any atom is -0.480 e. The molecule has 0 amide bonds. The summed E-state index contributed by atoms with van der Waals surface area (Å²) in [5.74, 6) is -1.09. The molecule has 0 aliphatic carbocycles. The van der Waals surface area contributed by atoms with Gasteiger partial charge in [0.25, 0.3) is 0 Å². The van der Waals surface area contributed by atoms with Crippen molar-refractivity contribution in [3.8, 4) is 6.07 Å². The zero-order valence-corrected chi connectivity index (χ0v) is 8.90. The molecular weight excluding hydrogens is 192 g/mol. The molecule has 0 saturated carbocycles. The summed E-state index contributed by atoms with van der Waals surface area (Å²) in [6.45, 7) is 1.70. The smallest absolute Gasteiger partial charge is 0.328 e. The summed E-state index contributed by atoms with van der Waals surface area (Å²) in [6.07, 6.45) is 0.267. The number of carbonyl (C=O) groups is 1. The Kier molecular flexibility index (Phi) is 4.49. The summed E-state index contributed by atoms with van der Waals surface area (Å²) in [5, 5.41) is 18.0. The van der Waals surface area contributed by atoms with E-state index >= 15 is 0 Å². The standard InChI is InChI=1S/C11H11NO2.H3N/c1-2-11(8-12,10(13)14)9-6-4-3-5-7-9;/h3-7H,2H2,1H3,(H,13,14);1H3/p+1/t11-;/m1./s1. The van der Waals surface area contributed by atoms with Gasteiger partial charge in [0.1, 0.15) is 0 Å². The number of nitrogens with zero attached hydrogens (tertiary/aromatic N) is 1. The normalized spacial score (nSPS) is 13.1. The van der Waals surface area contributed by atoms with Crippen LogP contribution in [0.15, 0.2) is 30.3 Å². The van der Waals surface area contributed by atoms with E-state index in [1.54, 1.807) is 37.3 Å². The number of nitriles is 1. The maximum absolute atomic E-state index is 11.1. The molecule has 80 valence electrons. The van der Waals surface area contributed by atoms with Gasteiger partial charge >= 0.3 is 5.97 Å². The third-order valence-corrected chi connectivity index (χ3v) is 2.35. The molecule has 4 heteroatoms. The quantitative estimate of drug-likeness (QED) is 0.795. The first-order chi connectivity index (χ1) is 6.67. The second-order valence-corrected chi connectivity index (χ2v) is 3.04. The molecule has 0 fully saturated rings. The Morgan fingerprint density at radius 1 is 1.47 bits per heavy atom. The van der Waals surface area contributed by atoms with Crippen LogP contribution >= 0.6 is 0 Å². The highest BCUT2D eigenvalue weighted by Crippen LogP contribution is 2.27.